The molecule has 1 heterocycles. The second-order valence-electron chi connectivity index (χ2n) is 5.28. The highest BCUT2D eigenvalue weighted by Gasteiger charge is 2.17. The van der Waals surface area contributed by atoms with Crippen LogP contribution in [-0.2, 0) is 10.0 Å². The predicted octanol–water partition coefficient (Wildman–Crippen LogP) is 3.15. The molecule has 0 aromatic carbocycles. The van der Waals surface area contributed by atoms with Crippen LogP contribution in [0.4, 0.5) is 5.82 Å². The minimum atomic E-state index is -3.47. The van der Waals surface area contributed by atoms with E-state index in [2.05, 4.69) is 21.9 Å². The third-order valence-electron chi connectivity index (χ3n) is 3.25. The Balaban J connectivity index is 2.61. The van der Waals surface area contributed by atoms with Gasteiger partial charge in [-0.3, -0.25) is 0 Å². The van der Waals surface area contributed by atoms with Crippen LogP contribution in [0.1, 0.15) is 52.9 Å². The van der Waals surface area contributed by atoms with Crippen molar-refractivity contribution in [2.75, 3.05) is 11.9 Å². The molecule has 5 nitrogen and oxygen atoms in total. The lowest BCUT2D eigenvalue weighted by Crippen LogP contribution is -2.32. The molecule has 1 aromatic heterocycles. The Morgan fingerprint density at radius 2 is 2.00 bits per heavy atom. The van der Waals surface area contributed by atoms with E-state index in [-0.39, 0.29) is 10.9 Å². The highest BCUT2D eigenvalue weighted by atomic mass is 32.2. The van der Waals surface area contributed by atoms with Gasteiger partial charge in [0.2, 0.25) is 10.0 Å². The van der Waals surface area contributed by atoms with Gasteiger partial charge in [-0.1, -0.05) is 32.6 Å². The molecule has 0 aliphatic carbocycles. The topological polar surface area (TPSA) is 71.1 Å². The summed E-state index contributed by atoms with van der Waals surface area (Å²) in [6.07, 6.45) is 6.97. The van der Waals surface area contributed by atoms with Crippen LogP contribution in [0.2, 0.25) is 0 Å². The Morgan fingerprint density at radius 3 is 2.67 bits per heavy atom. The van der Waals surface area contributed by atoms with Crippen LogP contribution >= 0.6 is 0 Å². The largest absolute Gasteiger partial charge is 0.370 e. The quantitative estimate of drug-likeness (QED) is 0.651. The average Bonchev–Trinajstić information content (AvgIpc) is 2.44. The SMILES string of the molecule is CCCCCCC(C)NS(=O)(=O)c1ccnc(NCC)c1. The number of anilines is 1. The molecule has 21 heavy (non-hydrogen) atoms. The number of unbranched alkanes of at least 4 members (excludes halogenated alkanes) is 3. The van der Waals surface area contributed by atoms with Crippen molar-refractivity contribution in [3.05, 3.63) is 18.3 Å². The number of hydrogen-bond donors (Lipinski definition) is 2. The van der Waals surface area contributed by atoms with E-state index >= 15 is 0 Å². The lowest BCUT2D eigenvalue weighted by molar-refractivity contribution is 0.522. The molecule has 6 heteroatoms. The van der Waals surface area contributed by atoms with Crippen molar-refractivity contribution in [3.63, 3.8) is 0 Å². The monoisotopic (exact) mass is 313 g/mol. The van der Waals surface area contributed by atoms with E-state index in [1.54, 1.807) is 6.07 Å². The molecular formula is C15H27N3O2S. The van der Waals surface area contributed by atoms with Gasteiger partial charge in [-0.25, -0.2) is 18.1 Å². The van der Waals surface area contributed by atoms with Crippen molar-refractivity contribution in [1.29, 1.82) is 0 Å². The molecule has 2 N–H and O–H groups in total. The number of hydrogen-bond acceptors (Lipinski definition) is 4. The molecule has 0 saturated heterocycles. The molecule has 0 aliphatic rings. The summed E-state index contributed by atoms with van der Waals surface area (Å²) in [5, 5.41) is 3.02. The highest BCUT2D eigenvalue weighted by molar-refractivity contribution is 7.89. The number of aromatic nitrogens is 1. The number of nitrogens with one attached hydrogen (secondary N) is 2. The Labute approximate surface area is 128 Å². The molecule has 0 fully saturated rings. The van der Waals surface area contributed by atoms with Crippen molar-refractivity contribution in [3.8, 4) is 0 Å². The second kappa shape index (κ2) is 9.00. The standard InChI is InChI=1S/C15H27N3O2S/c1-4-6-7-8-9-13(3)18-21(19,20)14-10-11-17-15(12-14)16-5-2/h10-13,18H,4-9H2,1-3H3,(H,16,17). The zero-order chi connectivity index (χ0) is 15.7. The minimum absolute atomic E-state index is 0.0531. The summed E-state index contributed by atoms with van der Waals surface area (Å²) in [6.45, 7) is 6.73. The smallest absolute Gasteiger partial charge is 0.240 e. The number of rotatable bonds is 10. The summed E-state index contributed by atoms with van der Waals surface area (Å²) in [5.74, 6) is 0.580. The van der Waals surface area contributed by atoms with E-state index in [0.717, 1.165) is 19.3 Å². The highest BCUT2D eigenvalue weighted by Crippen LogP contribution is 2.14. The molecule has 0 radical (unpaired) electrons. The van der Waals surface area contributed by atoms with Crippen LogP contribution in [0.25, 0.3) is 0 Å². The Kier molecular flexibility index (Phi) is 7.67. The lowest BCUT2D eigenvalue weighted by atomic mass is 10.1. The Morgan fingerprint density at radius 1 is 1.24 bits per heavy atom. The van der Waals surface area contributed by atoms with Gasteiger partial charge >= 0.3 is 0 Å². The molecule has 0 spiro atoms. The fourth-order valence-electron chi connectivity index (χ4n) is 2.13. The first-order chi connectivity index (χ1) is 9.99. The predicted molar refractivity (Wildman–Crippen MR) is 86.9 cm³/mol. The maximum Gasteiger partial charge on any atom is 0.240 e. The third kappa shape index (κ3) is 6.44. The van der Waals surface area contributed by atoms with Gasteiger partial charge in [0.15, 0.2) is 0 Å². The number of nitrogens with zero attached hydrogens (tertiary/aromatic N) is 1. The van der Waals surface area contributed by atoms with Crippen LogP contribution in [-0.4, -0.2) is 26.0 Å². The minimum Gasteiger partial charge on any atom is -0.370 e. The summed E-state index contributed by atoms with van der Waals surface area (Å²) in [5.41, 5.74) is 0. The van der Waals surface area contributed by atoms with Gasteiger partial charge in [-0.2, -0.15) is 0 Å². The average molecular weight is 313 g/mol. The third-order valence-corrected chi connectivity index (χ3v) is 4.83. The molecule has 0 bridgehead atoms. The van der Waals surface area contributed by atoms with E-state index in [9.17, 15) is 8.42 Å². The molecular weight excluding hydrogens is 286 g/mol. The first-order valence-corrected chi connectivity index (χ1v) is 9.20. The van der Waals surface area contributed by atoms with Crippen molar-refractivity contribution < 1.29 is 8.42 Å². The summed E-state index contributed by atoms with van der Waals surface area (Å²) in [4.78, 5) is 4.35. The van der Waals surface area contributed by atoms with E-state index in [0.29, 0.717) is 12.4 Å². The molecule has 1 atom stereocenters. The Bertz CT molecular complexity index is 517. The van der Waals surface area contributed by atoms with Crippen molar-refractivity contribution >= 4 is 15.8 Å². The molecule has 1 rings (SSSR count). The maximum atomic E-state index is 12.3. The molecule has 0 saturated carbocycles. The summed E-state index contributed by atoms with van der Waals surface area (Å²) in [7, 11) is -3.47. The maximum absolute atomic E-state index is 12.3. The van der Waals surface area contributed by atoms with E-state index in [4.69, 9.17) is 0 Å². The van der Waals surface area contributed by atoms with Crippen LogP contribution in [0.15, 0.2) is 23.2 Å². The fourth-order valence-corrected chi connectivity index (χ4v) is 3.42. The normalized spacial score (nSPS) is 13.1. The van der Waals surface area contributed by atoms with E-state index in [1.807, 2.05) is 13.8 Å². The van der Waals surface area contributed by atoms with Crippen molar-refractivity contribution in [2.45, 2.75) is 63.8 Å². The lowest BCUT2D eigenvalue weighted by Gasteiger charge is -2.14. The molecule has 0 aliphatic heterocycles. The second-order valence-corrected chi connectivity index (χ2v) is 6.99. The summed E-state index contributed by atoms with van der Waals surface area (Å²) < 4.78 is 27.4. The van der Waals surface area contributed by atoms with Crippen LogP contribution in [0.5, 0.6) is 0 Å². The first-order valence-electron chi connectivity index (χ1n) is 7.71. The first kappa shape index (κ1) is 17.9. The van der Waals surface area contributed by atoms with Gasteiger partial charge < -0.3 is 5.32 Å². The number of pyridine rings is 1. The molecule has 120 valence electrons. The van der Waals surface area contributed by atoms with Gasteiger partial charge in [-0.05, 0) is 26.3 Å². The Hall–Kier alpha value is -1.14. The summed E-state index contributed by atoms with van der Waals surface area (Å²) >= 11 is 0. The molecule has 0 amide bonds. The van der Waals surface area contributed by atoms with Gasteiger partial charge in [0, 0.05) is 24.8 Å². The fraction of sp³-hybridized carbons (Fsp3) is 0.667. The van der Waals surface area contributed by atoms with Crippen LogP contribution < -0.4 is 10.0 Å². The zero-order valence-electron chi connectivity index (χ0n) is 13.2. The van der Waals surface area contributed by atoms with Gasteiger partial charge in [0.25, 0.3) is 0 Å². The van der Waals surface area contributed by atoms with Gasteiger partial charge in [0.05, 0.1) is 4.90 Å². The van der Waals surface area contributed by atoms with Gasteiger partial charge in [0.1, 0.15) is 5.82 Å². The van der Waals surface area contributed by atoms with Gasteiger partial charge in [-0.15, -0.1) is 0 Å². The zero-order valence-corrected chi connectivity index (χ0v) is 14.0. The van der Waals surface area contributed by atoms with Crippen LogP contribution in [0, 0.1) is 0 Å². The van der Waals surface area contributed by atoms with Crippen molar-refractivity contribution in [2.24, 2.45) is 0 Å². The van der Waals surface area contributed by atoms with E-state index < -0.39 is 10.0 Å². The number of sulfonamides is 1. The van der Waals surface area contributed by atoms with E-state index in [1.165, 1.54) is 25.1 Å². The summed E-state index contributed by atoms with van der Waals surface area (Å²) in [6, 6.07) is 3.03. The van der Waals surface area contributed by atoms with Crippen molar-refractivity contribution in [1.82, 2.24) is 9.71 Å². The molecule has 1 aromatic rings. The molecule has 1 unspecified atom stereocenters. The van der Waals surface area contributed by atoms with Crippen LogP contribution in [0.3, 0.4) is 0 Å².